The molecule has 0 aromatic heterocycles. The zero-order chi connectivity index (χ0) is 11.5. The largest absolute Gasteiger partial charge is 0.497 e. The van der Waals surface area contributed by atoms with Crippen LogP contribution in [0.25, 0.3) is 0 Å². The minimum Gasteiger partial charge on any atom is -0.497 e. The highest BCUT2D eigenvalue weighted by atomic mass is 32.2. The zero-order valence-electron chi connectivity index (χ0n) is 8.67. The van der Waals surface area contributed by atoms with Crippen LogP contribution in [0, 0.1) is 0 Å². The molecule has 0 spiro atoms. The first-order chi connectivity index (χ1) is 6.95. The van der Waals surface area contributed by atoms with Crippen LogP contribution in [-0.4, -0.2) is 32.5 Å². The van der Waals surface area contributed by atoms with E-state index in [2.05, 4.69) is 0 Å². The van der Waals surface area contributed by atoms with Crippen molar-refractivity contribution in [2.75, 3.05) is 12.9 Å². The predicted molar refractivity (Wildman–Crippen MR) is 56.7 cm³/mol. The van der Waals surface area contributed by atoms with Crippen molar-refractivity contribution in [3.8, 4) is 5.75 Å². The van der Waals surface area contributed by atoms with Crippen molar-refractivity contribution in [1.82, 2.24) is 0 Å². The van der Waals surface area contributed by atoms with Gasteiger partial charge in [0.15, 0.2) is 9.84 Å². The van der Waals surface area contributed by atoms with E-state index in [1.807, 2.05) is 0 Å². The molecule has 0 saturated heterocycles. The molecule has 0 aliphatic heterocycles. The molecule has 0 fully saturated rings. The molecule has 5 heteroatoms. The maximum absolute atomic E-state index is 11.6. The van der Waals surface area contributed by atoms with E-state index in [9.17, 15) is 8.42 Å². The van der Waals surface area contributed by atoms with Gasteiger partial charge >= 0.3 is 0 Å². The predicted octanol–water partition coefficient (Wildman–Crippen LogP) is 0.850. The van der Waals surface area contributed by atoms with Crippen LogP contribution in [-0.2, 0) is 9.84 Å². The van der Waals surface area contributed by atoms with Gasteiger partial charge in [-0.15, -0.1) is 0 Å². The number of sulfone groups is 1. The highest BCUT2D eigenvalue weighted by Crippen LogP contribution is 2.17. The van der Waals surface area contributed by atoms with Gasteiger partial charge in [-0.2, -0.15) is 0 Å². The highest BCUT2D eigenvalue weighted by Gasteiger charge is 2.16. The number of ether oxygens (including phenoxy) is 1. The van der Waals surface area contributed by atoms with Gasteiger partial charge < -0.3 is 9.84 Å². The summed E-state index contributed by atoms with van der Waals surface area (Å²) in [5.41, 5.74) is 0. The molecule has 0 heterocycles. The van der Waals surface area contributed by atoms with Crippen LogP contribution in [0.2, 0.25) is 0 Å². The van der Waals surface area contributed by atoms with Gasteiger partial charge in [-0.05, 0) is 31.2 Å². The maximum atomic E-state index is 11.6. The number of aliphatic hydroxyl groups excluding tert-OH is 1. The molecule has 1 aromatic rings. The second-order valence-corrected chi connectivity index (χ2v) is 5.34. The SMILES string of the molecule is COc1ccc(S(=O)(=O)C[C@H](C)O)cc1. The third-order valence-electron chi connectivity index (χ3n) is 1.88. The van der Waals surface area contributed by atoms with Gasteiger partial charge in [-0.1, -0.05) is 0 Å². The third-order valence-corrected chi connectivity index (χ3v) is 3.79. The van der Waals surface area contributed by atoms with E-state index in [1.54, 1.807) is 12.1 Å². The molecule has 4 nitrogen and oxygen atoms in total. The Morgan fingerprint density at radius 3 is 2.27 bits per heavy atom. The van der Waals surface area contributed by atoms with Crippen LogP contribution in [0.15, 0.2) is 29.2 Å². The Bertz CT molecular complexity index is 406. The van der Waals surface area contributed by atoms with Gasteiger partial charge in [-0.3, -0.25) is 0 Å². The van der Waals surface area contributed by atoms with Crippen LogP contribution >= 0.6 is 0 Å². The molecule has 1 N–H and O–H groups in total. The Kier molecular flexibility index (Phi) is 3.71. The third kappa shape index (κ3) is 3.21. The number of benzene rings is 1. The Labute approximate surface area is 89.4 Å². The van der Waals surface area contributed by atoms with Crippen LogP contribution in [0.5, 0.6) is 5.75 Å². The van der Waals surface area contributed by atoms with Gasteiger partial charge in [-0.25, -0.2) is 8.42 Å². The minimum absolute atomic E-state index is 0.198. The molecular formula is C10H14O4S. The summed E-state index contributed by atoms with van der Waals surface area (Å²) in [4.78, 5) is 0.198. The zero-order valence-corrected chi connectivity index (χ0v) is 9.49. The molecule has 15 heavy (non-hydrogen) atoms. The summed E-state index contributed by atoms with van der Waals surface area (Å²) in [5.74, 6) is 0.338. The molecule has 84 valence electrons. The highest BCUT2D eigenvalue weighted by molar-refractivity contribution is 7.91. The fourth-order valence-electron chi connectivity index (χ4n) is 1.20. The molecule has 0 unspecified atom stereocenters. The summed E-state index contributed by atoms with van der Waals surface area (Å²) in [6.45, 7) is 1.45. The summed E-state index contributed by atoms with van der Waals surface area (Å²) in [7, 11) is -1.88. The topological polar surface area (TPSA) is 63.6 Å². The second kappa shape index (κ2) is 4.63. The van der Waals surface area contributed by atoms with Gasteiger partial charge in [0, 0.05) is 0 Å². The first-order valence-electron chi connectivity index (χ1n) is 4.50. The van der Waals surface area contributed by atoms with Gasteiger partial charge in [0.05, 0.1) is 23.9 Å². The average molecular weight is 230 g/mol. The maximum Gasteiger partial charge on any atom is 0.180 e. The number of hydrogen-bond donors (Lipinski definition) is 1. The van der Waals surface area contributed by atoms with E-state index in [4.69, 9.17) is 9.84 Å². The van der Waals surface area contributed by atoms with Gasteiger partial charge in [0.25, 0.3) is 0 Å². The van der Waals surface area contributed by atoms with E-state index in [0.29, 0.717) is 5.75 Å². The van der Waals surface area contributed by atoms with Crippen LogP contribution in [0.3, 0.4) is 0 Å². The lowest BCUT2D eigenvalue weighted by atomic mass is 10.3. The summed E-state index contributed by atoms with van der Waals surface area (Å²) in [6, 6.07) is 6.09. The van der Waals surface area contributed by atoms with E-state index < -0.39 is 15.9 Å². The Morgan fingerprint density at radius 2 is 1.87 bits per heavy atom. The molecule has 0 bridgehead atoms. The van der Waals surface area contributed by atoms with Crippen LogP contribution < -0.4 is 4.74 Å². The lowest BCUT2D eigenvalue weighted by molar-refractivity contribution is 0.218. The van der Waals surface area contributed by atoms with E-state index in [1.165, 1.54) is 26.2 Å². The standard InChI is InChI=1S/C10H14O4S/c1-8(11)7-15(12,13)10-5-3-9(14-2)4-6-10/h3-6,8,11H,7H2,1-2H3/t8-/m0/s1. The molecule has 0 amide bonds. The number of methoxy groups -OCH3 is 1. The number of aliphatic hydroxyl groups is 1. The molecule has 1 rings (SSSR count). The summed E-state index contributed by atoms with van der Waals surface area (Å²) in [6.07, 6.45) is -0.864. The van der Waals surface area contributed by atoms with Crippen molar-refractivity contribution in [2.24, 2.45) is 0 Å². The van der Waals surface area contributed by atoms with E-state index in [-0.39, 0.29) is 10.6 Å². The van der Waals surface area contributed by atoms with Crippen LogP contribution in [0.4, 0.5) is 0 Å². The summed E-state index contributed by atoms with van der Waals surface area (Å²) in [5, 5.41) is 9.05. The molecule has 0 saturated carbocycles. The summed E-state index contributed by atoms with van der Waals surface area (Å²) < 4.78 is 28.2. The van der Waals surface area contributed by atoms with Crippen molar-refractivity contribution in [3.05, 3.63) is 24.3 Å². The Balaban J connectivity index is 2.96. The first-order valence-corrected chi connectivity index (χ1v) is 6.16. The molecule has 0 aliphatic carbocycles. The van der Waals surface area contributed by atoms with Crippen molar-refractivity contribution < 1.29 is 18.3 Å². The molecule has 0 aliphatic rings. The molecule has 0 radical (unpaired) electrons. The Morgan fingerprint density at radius 1 is 1.33 bits per heavy atom. The quantitative estimate of drug-likeness (QED) is 0.833. The van der Waals surface area contributed by atoms with Crippen molar-refractivity contribution in [1.29, 1.82) is 0 Å². The second-order valence-electron chi connectivity index (χ2n) is 3.31. The average Bonchev–Trinajstić information content (AvgIpc) is 2.16. The fourth-order valence-corrected chi connectivity index (χ4v) is 2.58. The molecule has 1 aromatic carbocycles. The van der Waals surface area contributed by atoms with E-state index >= 15 is 0 Å². The fraction of sp³-hybridized carbons (Fsp3) is 0.400. The van der Waals surface area contributed by atoms with Gasteiger partial charge in [0.2, 0.25) is 0 Å². The number of rotatable bonds is 4. The van der Waals surface area contributed by atoms with Crippen LogP contribution in [0.1, 0.15) is 6.92 Å². The number of hydrogen-bond acceptors (Lipinski definition) is 4. The summed E-state index contributed by atoms with van der Waals surface area (Å²) >= 11 is 0. The van der Waals surface area contributed by atoms with Crippen molar-refractivity contribution >= 4 is 9.84 Å². The molecular weight excluding hydrogens is 216 g/mol. The van der Waals surface area contributed by atoms with Crippen molar-refractivity contribution in [3.63, 3.8) is 0 Å². The lowest BCUT2D eigenvalue weighted by Crippen LogP contribution is -2.17. The first kappa shape index (κ1) is 12.0. The minimum atomic E-state index is -3.39. The Hall–Kier alpha value is -1.07. The van der Waals surface area contributed by atoms with Crippen molar-refractivity contribution in [2.45, 2.75) is 17.9 Å². The lowest BCUT2D eigenvalue weighted by Gasteiger charge is -2.07. The van der Waals surface area contributed by atoms with Gasteiger partial charge in [0.1, 0.15) is 5.75 Å². The smallest absolute Gasteiger partial charge is 0.180 e. The molecule has 1 atom stereocenters. The van der Waals surface area contributed by atoms with E-state index in [0.717, 1.165) is 0 Å². The normalized spacial score (nSPS) is 13.5. The monoisotopic (exact) mass is 230 g/mol.